The SMILES string of the molecule is CC(C)=CCCC(C)C[CH]N1CCCC1. The first-order chi connectivity index (χ1) is 7.18. The topological polar surface area (TPSA) is 3.24 Å². The molecule has 87 valence electrons. The first kappa shape index (κ1) is 12.8. The lowest BCUT2D eigenvalue weighted by molar-refractivity contribution is 0.366. The number of allylic oxidation sites excluding steroid dienone is 2. The molecule has 1 unspecified atom stereocenters. The van der Waals surface area contributed by atoms with Crippen LogP contribution in [0.1, 0.15) is 52.9 Å². The van der Waals surface area contributed by atoms with Crippen molar-refractivity contribution >= 4 is 0 Å². The number of nitrogens with zero attached hydrogens (tertiary/aromatic N) is 1. The Bertz CT molecular complexity index is 186. The zero-order valence-corrected chi connectivity index (χ0v) is 10.6. The highest BCUT2D eigenvalue weighted by Crippen LogP contribution is 2.17. The summed E-state index contributed by atoms with van der Waals surface area (Å²) >= 11 is 0. The summed E-state index contributed by atoms with van der Waals surface area (Å²) in [6.07, 6.45) is 8.97. The van der Waals surface area contributed by atoms with Crippen LogP contribution in [0.25, 0.3) is 0 Å². The van der Waals surface area contributed by atoms with Gasteiger partial charge in [-0.05, 0) is 65.0 Å². The molecule has 1 heterocycles. The molecule has 1 nitrogen and oxygen atoms in total. The van der Waals surface area contributed by atoms with Gasteiger partial charge in [0, 0.05) is 6.54 Å². The van der Waals surface area contributed by atoms with Crippen LogP contribution in [0.4, 0.5) is 0 Å². The molecule has 0 spiro atoms. The molecule has 1 saturated heterocycles. The highest BCUT2D eigenvalue weighted by atomic mass is 15.1. The number of rotatable bonds is 6. The van der Waals surface area contributed by atoms with Crippen molar-refractivity contribution in [2.24, 2.45) is 5.92 Å². The van der Waals surface area contributed by atoms with Crippen LogP contribution in [0.2, 0.25) is 0 Å². The van der Waals surface area contributed by atoms with E-state index in [9.17, 15) is 0 Å². The van der Waals surface area contributed by atoms with Gasteiger partial charge in [0.25, 0.3) is 0 Å². The third-order valence-electron chi connectivity index (χ3n) is 3.12. The van der Waals surface area contributed by atoms with E-state index in [0.717, 1.165) is 5.92 Å². The summed E-state index contributed by atoms with van der Waals surface area (Å²) in [5, 5.41) is 0. The van der Waals surface area contributed by atoms with E-state index in [0.29, 0.717) is 0 Å². The summed E-state index contributed by atoms with van der Waals surface area (Å²) in [6, 6.07) is 0. The predicted molar refractivity (Wildman–Crippen MR) is 67.6 cm³/mol. The van der Waals surface area contributed by atoms with Crippen LogP contribution < -0.4 is 0 Å². The second-order valence-electron chi connectivity index (χ2n) is 5.13. The van der Waals surface area contributed by atoms with Crippen molar-refractivity contribution in [1.29, 1.82) is 0 Å². The van der Waals surface area contributed by atoms with Gasteiger partial charge in [0.05, 0.1) is 0 Å². The fraction of sp³-hybridized carbons (Fsp3) is 0.786. The van der Waals surface area contributed by atoms with Crippen molar-refractivity contribution in [3.63, 3.8) is 0 Å². The Labute approximate surface area is 95.5 Å². The molecule has 0 aromatic carbocycles. The first-order valence-electron chi connectivity index (χ1n) is 6.39. The Balaban J connectivity index is 2.02. The van der Waals surface area contributed by atoms with E-state index >= 15 is 0 Å². The minimum Gasteiger partial charge on any atom is -0.299 e. The molecule has 0 N–H and O–H groups in total. The van der Waals surface area contributed by atoms with Crippen LogP contribution in [0.3, 0.4) is 0 Å². The Kier molecular flexibility index (Phi) is 6.00. The molecule has 0 bridgehead atoms. The van der Waals surface area contributed by atoms with E-state index in [-0.39, 0.29) is 0 Å². The van der Waals surface area contributed by atoms with Crippen molar-refractivity contribution < 1.29 is 0 Å². The van der Waals surface area contributed by atoms with E-state index in [4.69, 9.17) is 0 Å². The molecule has 0 aromatic rings. The summed E-state index contributed by atoms with van der Waals surface area (Å²) in [6.45, 7) is 11.7. The number of likely N-dealkylation sites (tertiary alicyclic amines) is 1. The number of hydrogen-bond acceptors (Lipinski definition) is 1. The van der Waals surface area contributed by atoms with Crippen LogP contribution in [0.15, 0.2) is 11.6 Å². The molecule has 1 heteroatoms. The average molecular weight is 208 g/mol. The van der Waals surface area contributed by atoms with Gasteiger partial charge in [-0.15, -0.1) is 0 Å². The lowest BCUT2D eigenvalue weighted by atomic mass is 10.0. The molecule has 0 aromatic heterocycles. The molecule has 15 heavy (non-hydrogen) atoms. The maximum absolute atomic E-state index is 2.50. The van der Waals surface area contributed by atoms with Crippen molar-refractivity contribution in [2.75, 3.05) is 13.1 Å². The quantitative estimate of drug-likeness (QED) is 0.596. The monoisotopic (exact) mass is 208 g/mol. The highest BCUT2D eigenvalue weighted by molar-refractivity contribution is 4.92. The van der Waals surface area contributed by atoms with E-state index < -0.39 is 0 Å². The van der Waals surface area contributed by atoms with E-state index in [1.807, 2.05) is 0 Å². The third-order valence-corrected chi connectivity index (χ3v) is 3.12. The normalized spacial score (nSPS) is 19.1. The molecular formula is C14H26N. The Morgan fingerprint density at radius 3 is 2.53 bits per heavy atom. The van der Waals surface area contributed by atoms with E-state index in [1.54, 1.807) is 0 Å². The summed E-state index contributed by atoms with van der Waals surface area (Å²) in [5.74, 6) is 0.834. The highest BCUT2D eigenvalue weighted by Gasteiger charge is 2.12. The average Bonchev–Trinajstić information content (AvgIpc) is 2.66. The summed E-state index contributed by atoms with van der Waals surface area (Å²) in [5.41, 5.74) is 1.45. The molecule has 1 rings (SSSR count). The van der Waals surface area contributed by atoms with Crippen LogP contribution in [0, 0.1) is 12.5 Å². The van der Waals surface area contributed by atoms with Crippen molar-refractivity contribution in [2.45, 2.75) is 52.9 Å². The maximum Gasteiger partial charge on any atom is 0.0254 e. The Morgan fingerprint density at radius 1 is 1.27 bits per heavy atom. The number of hydrogen-bond donors (Lipinski definition) is 0. The van der Waals surface area contributed by atoms with Gasteiger partial charge in [-0.1, -0.05) is 18.6 Å². The van der Waals surface area contributed by atoms with Gasteiger partial charge in [-0.25, -0.2) is 0 Å². The predicted octanol–water partition coefficient (Wildman–Crippen LogP) is 4.02. The van der Waals surface area contributed by atoms with Gasteiger partial charge in [0.15, 0.2) is 0 Å². The van der Waals surface area contributed by atoms with Crippen LogP contribution in [0.5, 0.6) is 0 Å². The molecule has 0 saturated carbocycles. The maximum atomic E-state index is 2.50. The van der Waals surface area contributed by atoms with Crippen molar-refractivity contribution in [3.05, 3.63) is 18.2 Å². The van der Waals surface area contributed by atoms with Gasteiger partial charge in [-0.2, -0.15) is 0 Å². The Hall–Kier alpha value is -0.300. The fourth-order valence-corrected chi connectivity index (χ4v) is 2.03. The van der Waals surface area contributed by atoms with Gasteiger partial charge in [0.2, 0.25) is 0 Å². The van der Waals surface area contributed by atoms with Crippen LogP contribution in [-0.4, -0.2) is 18.0 Å². The molecule has 1 atom stereocenters. The fourth-order valence-electron chi connectivity index (χ4n) is 2.03. The van der Waals surface area contributed by atoms with Crippen LogP contribution in [-0.2, 0) is 0 Å². The van der Waals surface area contributed by atoms with Crippen molar-refractivity contribution in [1.82, 2.24) is 4.90 Å². The first-order valence-corrected chi connectivity index (χ1v) is 6.39. The minimum atomic E-state index is 0.834. The van der Waals surface area contributed by atoms with Gasteiger partial charge in [-0.3, -0.25) is 4.90 Å². The van der Waals surface area contributed by atoms with E-state index in [1.165, 1.54) is 50.8 Å². The molecule has 1 aliphatic heterocycles. The molecule has 1 radical (unpaired) electrons. The molecular weight excluding hydrogens is 182 g/mol. The largest absolute Gasteiger partial charge is 0.299 e. The Morgan fingerprint density at radius 2 is 1.93 bits per heavy atom. The summed E-state index contributed by atoms with van der Waals surface area (Å²) < 4.78 is 0. The van der Waals surface area contributed by atoms with Gasteiger partial charge >= 0.3 is 0 Å². The standard InChI is InChI=1S/C14H26N/c1-13(2)7-6-8-14(3)9-12-15-10-4-5-11-15/h7,12,14H,4-6,8-11H2,1-3H3. The molecule has 0 aliphatic carbocycles. The molecule has 1 fully saturated rings. The third kappa shape index (κ3) is 5.99. The summed E-state index contributed by atoms with van der Waals surface area (Å²) in [4.78, 5) is 2.50. The lowest BCUT2D eigenvalue weighted by Gasteiger charge is -2.16. The zero-order valence-electron chi connectivity index (χ0n) is 10.6. The lowest BCUT2D eigenvalue weighted by Crippen LogP contribution is -2.16. The van der Waals surface area contributed by atoms with Crippen LogP contribution >= 0.6 is 0 Å². The minimum absolute atomic E-state index is 0.834. The van der Waals surface area contributed by atoms with Gasteiger partial charge in [0.1, 0.15) is 0 Å². The second kappa shape index (κ2) is 7.05. The molecule has 0 amide bonds. The van der Waals surface area contributed by atoms with E-state index in [2.05, 4.69) is 38.3 Å². The smallest absolute Gasteiger partial charge is 0.0254 e. The van der Waals surface area contributed by atoms with Crippen molar-refractivity contribution in [3.8, 4) is 0 Å². The molecule has 1 aliphatic rings. The van der Waals surface area contributed by atoms with Gasteiger partial charge < -0.3 is 0 Å². The summed E-state index contributed by atoms with van der Waals surface area (Å²) in [7, 11) is 0. The zero-order chi connectivity index (χ0) is 11.1. The second-order valence-corrected chi connectivity index (χ2v) is 5.13.